The quantitative estimate of drug-likeness (QED) is 0.672. The number of hydrogen-bond donors (Lipinski definition) is 1. The molecule has 0 aromatic heterocycles. The summed E-state index contributed by atoms with van der Waals surface area (Å²) in [5, 5.41) is 9.06. The van der Waals surface area contributed by atoms with E-state index in [0.717, 1.165) is 11.3 Å². The molecule has 122 valence electrons. The molecule has 1 amide bonds. The highest BCUT2D eigenvalue weighted by Crippen LogP contribution is 2.33. The van der Waals surface area contributed by atoms with E-state index >= 15 is 0 Å². The van der Waals surface area contributed by atoms with Crippen molar-refractivity contribution in [3.8, 4) is 5.75 Å². The largest absolute Gasteiger partial charge is 0.497 e. The first kappa shape index (κ1) is 16.3. The Morgan fingerprint density at radius 1 is 1.33 bits per heavy atom. The summed E-state index contributed by atoms with van der Waals surface area (Å²) < 4.78 is 6.46. The molecule has 6 heteroatoms. The first-order valence-corrected chi connectivity index (χ1v) is 8.24. The first-order valence-electron chi connectivity index (χ1n) is 7.36. The second-order valence-corrected chi connectivity index (χ2v) is 6.46. The number of nitrogens with zero attached hydrogens (tertiary/aromatic N) is 1. The monoisotopic (exact) mass is 342 g/mol. The molecule has 2 aliphatic rings. The van der Waals surface area contributed by atoms with E-state index in [0.29, 0.717) is 10.6 Å². The highest BCUT2D eigenvalue weighted by Gasteiger charge is 2.39. The molecule has 1 aliphatic carbocycles. The van der Waals surface area contributed by atoms with E-state index in [2.05, 4.69) is 0 Å². The maximum atomic E-state index is 12.7. The molecule has 1 atom stereocenters. The van der Waals surface area contributed by atoms with Crippen LogP contribution < -0.4 is 4.74 Å². The Hall–Kier alpha value is -2.60. The van der Waals surface area contributed by atoms with Crippen LogP contribution in [0, 0.1) is 0 Å². The molecule has 0 saturated carbocycles. The zero-order valence-corrected chi connectivity index (χ0v) is 13.8. The topological polar surface area (TPSA) is 66.6 Å². The molecule has 1 heterocycles. The number of fused-ring (bicyclic) bond motifs is 1. The van der Waals surface area contributed by atoms with Crippen molar-refractivity contribution in [2.75, 3.05) is 13.7 Å². The Labute approximate surface area is 143 Å². The lowest BCUT2D eigenvalue weighted by atomic mass is 10.1. The number of ether oxygens (including phenoxy) is 1. The molecular weight excluding hydrogens is 326 g/mol. The molecule has 0 saturated heterocycles. The van der Waals surface area contributed by atoms with Gasteiger partial charge in [0.15, 0.2) is 0 Å². The maximum absolute atomic E-state index is 12.7. The Bertz CT molecular complexity index is 803. The number of carboxylic acids is 1. The van der Waals surface area contributed by atoms with Crippen LogP contribution in [0.5, 0.6) is 5.75 Å². The summed E-state index contributed by atoms with van der Waals surface area (Å²) >= 11 is 1.43. The number of carbonyl (C=O) groups excluding carboxylic acids is 1. The molecule has 0 fully saturated rings. The van der Waals surface area contributed by atoms with Crippen molar-refractivity contribution < 1.29 is 24.0 Å². The Morgan fingerprint density at radius 2 is 2.08 bits per heavy atom. The Balaban J connectivity index is 1.98. The summed E-state index contributed by atoms with van der Waals surface area (Å²) in [6.45, 7) is -0.344. The zero-order valence-electron chi connectivity index (χ0n) is 13.0. The van der Waals surface area contributed by atoms with Gasteiger partial charge in [0.1, 0.15) is 15.9 Å². The van der Waals surface area contributed by atoms with E-state index in [1.165, 1.54) is 16.3 Å². The fourth-order valence-electron chi connectivity index (χ4n) is 2.54. The smallest absolute Gasteiger partial charge is 0.426 e. The van der Waals surface area contributed by atoms with Crippen LogP contribution in [0.1, 0.15) is 5.56 Å². The van der Waals surface area contributed by atoms with Gasteiger partial charge in [-0.2, -0.15) is 0 Å². The van der Waals surface area contributed by atoms with Gasteiger partial charge in [-0.15, -0.1) is 4.58 Å². The molecule has 0 bridgehead atoms. The van der Waals surface area contributed by atoms with Crippen LogP contribution in [-0.2, 0) is 9.59 Å². The number of aliphatic carboxylic acids is 1. The van der Waals surface area contributed by atoms with Gasteiger partial charge in [-0.05, 0) is 23.8 Å². The van der Waals surface area contributed by atoms with Crippen LogP contribution in [0.2, 0.25) is 0 Å². The molecule has 1 aromatic rings. The molecule has 1 aliphatic heterocycles. The second-order valence-electron chi connectivity index (χ2n) is 5.27. The minimum absolute atomic E-state index is 0.0588. The molecule has 5 nitrogen and oxygen atoms in total. The van der Waals surface area contributed by atoms with Gasteiger partial charge in [0, 0.05) is 6.08 Å². The number of allylic oxidation sites excluding steroid dienone is 3. The lowest BCUT2D eigenvalue weighted by molar-refractivity contribution is -0.436. The molecule has 3 rings (SSSR count). The normalized spacial score (nSPS) is 21.1. The third-order valence-corrected chi connectivity index (χ3v) is 4.88. The number of amides is 1. The van der Waals surface area contributed by atoms with Gasteiger partial charge in [-0.25, -0.2) is 9.59 Å². The highest BCUT2D eigenvalue weighted by molar-refractivity contribution is 8.05. The third kappa shape index (κ3) is 3.33. The summed E-state index contributed by atoms with van der Waals surface area (Å²) in [6, 6.07) is 7.36. The number of methoxy groups -OCH3 is 1. The van der Waals surface area contributed by atoms with Gasteiger partial charge in [-0.1, -0.05) is 42.1 Å². The van der Waals surface area contributed by atoms with Crippen molar-refractivity contribution in [1.29, 1.82) is 0 Å². The Kier molecular flexibility index (Phi) is 4.66. The number of benzene rings is 1. The molecule has 0 radical (unpaired) electrons. The van der Waals surface area contributed by atoms with E-state index in [1.807, 2.05) is 42.5 Å². The van der Waals surface area contributed by atoms with Crippen LogP contribution in [0.3, 0.4) is 0 Å². The summed E-state index contributed by atoms with van der Waals surface area (Å²) in [7, 11) is 1.60. The number of thioether (sulfide) groups is 1. The fraction of sp³-hybridized carbons (Fsp3) is 0.167. The van der Waals surface area contributed by atoms with Crippen LogP contribution in [0.25, 0.3) is 6.08 Å². The molecule has 24 heavy (non-hydrogen) atoms. The van der Waals surface area contributed by atoms with Crippen molar-refractivity contribution >= 4 is 35.4 Å². The van der Waals surface area contributed by atoms with Gasteiger partial charge in [0.2, 0.25) is 12.3 Å². The van der Waals surface area contributed by atoms with Crippen molar-refractivity contribution in [2.45, 2.75) is 5.25 Å². The van der Waals surface area contributed by atoms with Gasteiger partial charge in [0.25, 0.3) is 0 Å². The predicted molar refractivity (Wildman–Crippen MR) is 93.4 cm³/mol. The lowest BCUT2D eigenvalue weighted by Gasteiger charge is -2.20. The third-order valence-electron chi connectivity index (χ3n) is 3.68. The van der Waals surface area contributed by atoms with Crippen LogP contribution in [0.15, 0.2) is 53.5 Å². The number of carboxylic acid groups (broad SMARTS) is 1. The molecule has 1 N–H and O–H groups in total. The summed E-state index contributed by atoms with van der Waals surface area (Å²) in [5.41, 5.74) is 1.57. The van der Waals surface area contributed by atoms with Crippen molar-refractivity contribution in [3.63, 3.8) is 0 Å². The van der Waals surface area contributed by atoms with Gasteiger partial charge < -0.3 is 9.84 Å². The molecule has 1 aromatic carbocycles. The number of hydrogen-bond acceptors (Lipinski definition) is 4. The minimum atomic E-state index is -1.03. The SMILES string of the molecule is COc1ccc(/C=C2/SC3C=CC=CC3=[N+](CC(=O)O)C2=O)cc1. The summed E-state index contributed by atoms with van der Waals surface area (Å²) in [4.78, 5) is 24.4. The van der Waals surface area contributed by atoms with Gasteiger partial charge in [-0.3, -0.25) is 0 Å². The number of carbonyl (C=O) groups is 2. The first-order chi connectivity index (χ1) is 11.6. The van der Waals surface area contributed by atoms with Crippen LogP contribution in [-0.4, -0.2) is 46.2 Å². The van der Waals surface area contributed by atoms with E-state index in [1.54, 1.807) is 19.3 Å². The molecular formula is C18H16NO4S+. The van der Waals surface area contributed by atoms with Crippen molar-refractivity contribution in [3.05, 3.63) is 59.0 Å². The average molecular weight is 342 g/mol. The predicted octanol–water partition coefficient (Wildman–Crippen LogP) is 2.34. The standard InChI is InChI=1S/C18H15NO4S/c1-23-13-8-6-12(7-9-13)10-16-18(22)19(11-17(20)21)14-4-2-3-5-15(14)24-16/h2-10,15H,11H2,1H3/p+1/b16-10+. The molecule has 1 unspecified atom stereocenters. The van der Waals surface area contributed by atoms with Crippen molar-refractivity contribution in [2.24, 2.45) is 0 Å². The Morgan fingerprint density at radius 3 is 2.75 bits per heavy atom. The van der Waals surface area contributed by atoms with Gasteiger partial charge >= 0.3 is 11.9 Å². The number of rotatable bonds is 4. The van der Waals surface area contributed by atoms with Crippen LogP contribution in [0.4, 0.5) is 0 Å². The minimum Gasteiger partial charge on any atom is -0.497 e. The second kappa shape index (κ2) is 6.88. The highest BCUT2D eigenvalue weighted by atomic mass is 32.2. The van der Waals surface area contributed by atoms with Crippen LogP contribution >= 0.6 is 11.8 Å². The van der Waals surface area contributed by atoms with Gasteiger partial charge in [0.05, 0.1) is 7.11 Å². The summed E-state index contributed by atoms with van der Waals surface area (Å²) in [5.74, 6) is -0.582. The average Bonchev–Trinajstić information content (AvgIpc) is 2.59. The maximum Gasteiger partial charge on any atom is 0.426 e. The van der Waals surface area contributed by atoms with E-state index in [9.17, 15) is 9.59 Å². The van der Waals surface area contributed by atoms with E-state index in [4.69, 9.17) is 9.84 Å². The van der Waals surface area contributed by atoms with Crippen molar-refractivity contribution in [1.82, 2.24) is 0 Å². The molecule has 0 spiro atoms. The van der Waals surface area contributed by atoms with E-state index in [-0.39, 0.29) is 17.7 Å². The van der Waals surface area contributed by atoms with E-state index < -0.39 is 5.97 Å². The zero-order chi connectivity index (χ0) is 17.1. The lowest BCUT2D eigenvalue weighted by Crippen LogP contribution is -2.40. The summed E-state index contributed by atoms with van der Waals surface area (Å²) in [6.07, 6.45) is 9.25. The fourth-order valence-corrected chi connectivity index (χ4v) is 3.72.